The van der Waals surface area contributed by atoms with Crippen LogP contribution in [0.5, 0.6) is 0 Å². The van der Waals surface area contributed by atoms with E-state index in [0.29, 0.717) is 5.92 Å². The van der Waals surface area contributed by atoms with E-state index in [1.54, 1.807) is 4.90 Å². The SMILES string of the molecule is Cc1ccc2c(c1)C(NC(=O)N1CCCC1CO)C(C)C2. The van der Waals surface area contributed by atoms with Crippen molar-refractivity contribution in [2.45, 2.75) is 45.2 Å². The summed E-state index contributed by atoms with van der Waals surface area (Å²) in [7, 11) is 0. The summed E-state index contributed by atoms with van der Waals surface area (Å²) in [6, 6.07) is 6.55. The summed E-state index contributed by atoms with van der Waals surface area (Å²) in [4.78, 5) is 14.3. The summed E-state index contributed by atoms with van der Waals surface area (Å²) in [6.45, 7) is 5.08. The average Bonchev–Trinajstić information content (AvgIpc) is 3.04. The number of benzene rings is 1. The lowest BCUT2D eigenvalue weighted by Gasteiger charge is -2.27. The van der Waals surface area contributed by atoms with Gasteiger partial charge in [-0.1, -0.05) is 30.7 Å². The first-order valence-electron chi connectivity index (χ1n) is 7.87. The van der Waals surface area contributed by atoms with Gasteiger partial charge in [-0.05, 0) is 43.2 Å². The number of rotatable bonds is 2. The standard InChI is InChI=1S/C17H24N2O2/c1-11-5-6-13-9-12(2)16(15(13)8-11)18-17(21)19-7-3-4-14(19)10-20/h5-6,8,12,14,16,20H,3-4,7,9-10H2,1-2H3,(H,18,21). The Hall–Kier alpha value is -1.55. The Morgan fingerprint density at radius 1 is 1.48 bits per heavy atom. The number of fused-ring (bicyclic) bond motifs is 1. The molecule has 1 aromatic carbocycles. The second-order valence-electron chi connectivity index (χ2n) is 6.48. The van der Waals surface area contributed by atoms with Crippen molar-refractivity contribution < 1.29 is 9.90 Å². The van der Waals surface area contributed by atoms with Crippen molar-refractivity contribution >= 4 is 6.03 Å². The van der Waals surface area contributed by atoms with Crippen LogP contribution in [-0.2, 0) is 6.42 Å². The molecular weight excluding hydrogens is 264 g/mol. The molecule has 1 aliphatic heterocycles. The monoisotopic (exact) mass is 288 g/mol. The number of aliphatic hydroxyl groups excluding tert-OH is 1. The molecule has 1 fully saturated rings. The Bertz CT molecular complexity index is 544. The van der Waals surface area contributed by atoms with E-state index < -0.39 is 0 Å². The molecule has 3 atom stereocenters. The zero-order valence-corrected chi connectivity index (χ0v) is 12.8. The molecule has 0 saturated carbocycles. The predicted octanol–water partition coefficient (Wildman–Crippen LogP) is 2.39. The van der Waals surface area contributed by atoms with Crippen molar-refractivity contribution in [3.05, 3.63) is 34.9 Å². The molecular formula is C17H24N2O2. The summed E-state index contributed by atoms with van der Waals surface area (Å²) in [5.41, 5.74) is 3.84. The van der Waals surface area contributed by atoms with Crippen LogP contribution in [0.1, 0.15) is 42.5 Å². The fraction of sp³-hybridized carbons (Fsp3) is 0.588. The highest BCUT2D eigenvalue weighted by Crippen LogP contribution is 2.36. The Morgan fingerprint density at radius 2 is 2.29 bits per heavy atom. The smallest absolute Gasteiger partial charge is 0.318 e. The molecule has 1 heterocycles. The van der Waals surface area contributed by atoms with Crippen LogP contribution in [0, 0.1) is 12.8 Å². The molecule has 2 amide bonds. The first-order valence-corrected chi connectivity index (χ1v) is 7.87. The van der Waals surface area contributed by atoms with Gasteiger partial charge in [0.1, 0.15) is 0 Å². The third-order valence-corrected chi connectivity index (χ3v) is 4.88. The van der Waals surface area contributed by atoms with Gasteiger partial charge in [0.25, 0.3) is 0 Å². The molecule has 3 rings (SSSR count). The van der Waals surface area contributed by atoms with Gasteiger partial charge in [-0.2, -0.15) is 0 Å². The predicted molar refractivity (Wildman–Crippen MR) is 82.1 cm³/mol. The number of urea groups is 1. The second kappa shape index (κ2) is 5.68. The number of carbonyl (C=O) groups is 1. The molecule has 21 heavy (non-hydrogen) atoms. The molecule has 0 spiro atoms. The number of amides is 2. The maximum absolute atomic E-state index is 12.5. The number of hydrogen-bond acceptors (Lipinski definition) is 2. The van der Waals surface area contributed by atoms with Crippen LogP contribution in [0.2, 0.25) is 0 Å². The van der Waals surface area contributed by atoms with E-state index in [4.69, 9.17) is 0 Å². The highest BCUT2D eigenvalue weighted by Gasteiger charge is 2.34. The Morgan fingerprint density at radius 3 is 3.05 bits per heavy atom. The molecule has 114 valence electrons. The molecule has 0 aromatic heterocycles. The summed E-state index contributed by atoms with van der Waals surface area (Å²) < 4.78 is 0. The maximum atomic E-state index is 12.5. The number of hydrogen-bond donors (Lipinski definition) is 2. The normalized spacial score (nSPS) is 27.8. The zero-order valence-electron chi connectivity index (χ0n) is 12.8. The van der Waals surface area contributed by atoms with E-state index in [1.165, 1.54) is 16.7 Å². The number of nitrogens with one attached hydrogen (secondary N) is 1. The Labute approximate surface area is 126 Å². The van der Waals surface area contributed by atoms with Gasteiger partial charge in [-0.15, -0.1) is 0 Å². The second-order valence-corrected chi connectivity index (χ2v) is 6.48. The van der Waals surface area contributed by atoms with Gasteiger partial charge in [-0.25, -0.2) is 4.79 Å². The molecule has 3 unspecified atom stereocenters. The first kappa shape index (κ1) is 14.4. The Kier molecular flexibility index (Phi) is 3.89. The van der Waals surface area contributed by atoms with Crippen molar-refractivity contribution in [3.8, 4) is 0 Å². The van der Waals surface area contributed by atoms with E-state index in [1.807, 2.05) is 0 Å². The lowest BCUT2D eigenvalue weighted by Crippen LogP contribution is -2.45. The van der Waals surface area contributed by atoms with Gasteiger partial charge in [-0.3, -0.25) is 0 Å². The summed E-state index contributed by atoms with van der Waals surface area (Å²) >= 11 is 0. The summed E-state index contributed by atoms with van der Waals surface area (Å²) in [6.07, 6.45) is 2.90. The largest absolute Gasteiger partial charge is 0.394 e. The van der Waals surface area contributed by atoms with E-state index in [-0.39, 0.29) is 24.7 Å². The third kappa shape index (κ3) is 2.64. The molecule has 2 N–H and O–H groups in total. The minimum absolute atomic E-state index is 0.0151. The third-order valence-electron chi connectivity index (χ3n) is 4.88. The van der Waals surface area contributed by atoms with Crippen LogP contribution in [0.3, 0.4) is 0 Å². The lowest BCUT2D eigenvalue weighted by molar-refractivity contribution is 0.153. The van der Waals surface area contributed by atoms with Gasteiger partial charge in [0, 0.05) is 6.54 Å². The molecule has 4 heteroatoms. The van der Waals surface area contributed by atoms with Gasteiger partial charge in [0.05, 0.1) is 18.7 Å². The highest BCUT2D eigenvalue weighted by atomic mass is 16.3. The van der Waals surface area contributed by atoms with Crippen molar-refractivity contribution in [2.24, 2.45) is 5.92 Å². The van der Waals surface area contributed by atoms with Crippen LogP contribution in [0.25, 0.3) is 0 Å². The topological polar surface area (TPSA) is 52.6 Å². The minimum atomic E-state index is -0.0299. The fourth-order valence-electron chi connectivity index (χ4n) is 3.69. The maximum Gasteiger partial charge on any atom is 0.318 e. The fourth-order valence-corrected chi connectivity index (χ4v) is 3.69. The molecule has 1 saturated heterocycles. The van der Waals surface area contributed by atoms with Crippen LogP contribution in [0.15, 0.2) is 18.2 Å². The summed E-state index contributed by atoms with van der Waals surface area (Å²) in [5, 5.41) is 12.6. The highest BCUT2D eigenvalue weighted by molar-refractivity contribution is 5.75. The molecule has 0 radical (unpaired) electrons. The lowest BCUT2D eigenvalue weighted by atomic mass is 10.0. The molecule has 1 aliphatic carbocycles. The quantitative estimate of drug-likeness (QED) is 0.878. The Balaban J connectivity index is 1.76. The molecule has 1 aromatic rings. The van der Waals surface area contributed by atoms with Gasteiger partial charge >= 0.3 is 6.03 Å². The van der Waals surface area contributed by atoms with Crippen LogP contribution in [-0.4, -0.2) is 35.2 Å². The van der Waals surface area contributed by atoms with Crippen molar-refractivity contribution in [2.75, 3.05) is 13.2 Å². The first-order chi connectivity index (χ1) is 10.1. The summed E-state index contributed by atoms with van der Waals surface area (Å²) in [5.74, 6) is 0.418. The van der Waals surface area contributed by atoms with Crippen LogP contribution < -0.4 is 5.32 Å². The van der Waals surface area contributed by atoms with E-state index >= 15 is 0 Å². The van der Waals surface area contributed by atoms with E-state index in [2.05, 4.69) is 37.4 Å². The molecule has 2 aliphatic rings. The van der Waals surface area contributed by atoms with Gasteiger partial charge < -0.3 is 15.3 Å². The number of likely N-dealkylation sites (tertiary alicyclic amines) is 1. The van der Waals surface area contributed by atoms with E-state index in [9.17, 15) is 9.90 Å². The van der Waals surface area contributed by atoms with Crippen molar-refractivity contribution in [3.63, 3.8) is 0 Å². The minimum Gasteiger partial charge on any atom is -0.394 e. The van der Waals surface area contributed by atoms with E-state index in [0.717, 1.165) is 25.8 Å². The number of carbonyl (C=O) groups excluding carboxylic acids is 1. The number of nitrogens with zero attached hydrogens (tertiary/aromatic N) is 1. The molecule has 4 nitrogen and oxygen atoms in total. The average molecular weight is 288 g/mol. The van der Waals surface area contributed by atoms with Crippen molar-refractivity contribution in [1.82, 2.24) is 10.2 Å². The van der Waals surface area contributed by atoms with Gasteiger partial charge in [0.15, 0.2) is 0 Å². The van der Waals surface area contributed by atoms with Crippen LogP contribution >= 0.6 is 0 Å². The van der Waals surface area contributed by atoms with Crippen molar-refractivity contribution in [1.29, 1.82) is 0 Å². The molecule has 0 bridgehead atoms. The van der Waals surface area contributed by atoms with Gasteiger partial charge in [0.2, 0.25) is 0 Å². The zero-order chi connectivity index (χ0) is 15.0. The number of aryl methyl sites for hydroxylation is 1. The number of aliphatic hydroxyl groups is 1. The van der Waals surface area contributed by atoms with Crippen LogP contribution in [0.4, 0.5) is 4.79 Å².